The lowest BCUT2D eigenvalue weighted by Gasteiger charge is -2.19. The minimum atomic E-state index is -0.472. The van der Waals surface area contributed by atoms with Gasteiger partial charge < -0.3 is 10.1 Å². The van der Waals surface area contributed by atoms with Crippen LogP contribution < -0.4 is 5.32 Å². The van der Waals surface area contributed by atoms with Crippen LogP contribution in [0.25, 0.3) is 11.3 Å². The van der Waals surface area contributed by atoms with Crippen LogP contribution >= 0.6 is 0 Å². The molecule has 0 bridgehead atoms. The molecule has 23 heavy (non-hydrogen) atoms. The third-order valence-corrected chi connectivity index (χ3v) is 3.71. The number of nitrogens with one attached hydrogen (secondary N) is 1. The summed E-state index contributed by atoms with van der Waals surface area (Å²) in [5.74, 6) is 0.270. The maximum Gasteiger partial charge on any atom is 0.407 e. The molecular formula is C19H24N2O2. The molecule has 0 unspecified atom stereocenters. The Morgan fingerprint density at radius 3 is 2.61 bits per heavy atom. The highest BCUT2D eigenvalue weighted by molar-refractivity contribution is 5.69. The largest absolute Gasteiger partial charge is 0.444 e. The fourth-order valence-electron chi connectivity index (χ4n) is 2.57. The molecule has 0 aliphatic heterocycles. The van der Waals surface area contributed by atoms with Gasteiger partial charge in [0.2, 0.25) is 0 Å². The average molecular weight is 312 g/mol. The fraction of sp³-hybridized carbons (Fsp3) is 0.368. The number of hydrogen-bond donors (Lipinski definition) is 1. The van der Waals surface area contributed by atoms with E-state index in [1.165, 1.54) is 0 Å². The Bertz CT molecular complexity index is 698. The van der Waals surface area contributed by atoms with E-state index in [1.54, 1.807) is 0 Å². The van der Waals surface area contributed by atoms with Gasteiger partial charge in [-0.1, -0.05) is 36.4 Å². The number of rotatable bonds is 3. The highest BCUT2D eigenvalue weighted by Crippen LogP contribution is 2.40. The monoisotopic (exact) mass is 312 g/mol. The number of benzene rings is 1. The molecule has 4 heteroatoms. The number of hydrogen-bond acceptors (Lipinski definition) is 3. The number of ether oxygens (including phenoxy) is 1. The van der Waals surface area contributed by atoms with E-state index in [-0.39, 0.29) is 19.5 Å². The second-order valence-corrected chi connectivity index (χ2v) is 6.91. The average Bonchev–Trinajstić information content (AvgIpc) is 3.25. The summed E-state index contributed by atoms with van der Waals surface area (Å²) < 4.78 is 5.30. The molecule has 1 heterocycles. The molecule has 1 amide bonds. The van der Waals surface area contributed by atoms with Gasteiger partial charge in [-0.25, -0.2) is 4.79 Å². The maximum atomic E-state index is 11.8. The summed E-state index contributed by atoms with van der Waals surface area (Å²) in [6.45, 7) is 5.59. The maximum absolute atomic E-state index is 11.8. The molecule has 1 aliphatic carbocycles. The lowest BCUT2D eigenvalue weighted by atomic mass is 10.1. The Hall–Kier alpha value is -2.36. The van der Waals surface area contributed by atoms with Gasteiger partial charge in [0, 0.05) is 24.6 Å². The van der Waals surface area contributed by atoms with Crippen molar-refractivity contribution in [3.63, 3.8) is 0 Å². The molecule has 1 aliphatic rings. The van der Waals surface area contributed by atoms with Crippen LogP contribution in [0.4, 0.5) is 4.79 Å². The highest BCUT2D eigenvalue weighted by atomic mass is 16.6. The first-order valence-corrected chi connectivity index (χ1v) is 7.94. The Balaban J connectivity index is 0.00000208. The van der Waals surface area contributed by atoms with Crippen molar-refractivity contribution in [1.29, 1.82) is 0 Å². The van der Waals surface area contributed by atoms with E-state index < -0.39 is 5.60 Å². The number of pyridine rings is 1. The Morgan fingerprint density at radius 1 is 1.17 bits per heavy atom. The van der Waals surface area contributed by atoms with Crippen molar-refractivity contribution in [2.75, 3.05) is 0 Å². The van der Waals surface area contributed by atoms with Crippen LogP contribution in [-0.2, 0) is 4.74 Å². The third-order valence-electron chi connectivity index (χ3n) is 3.71. The van der Waals surface area contributed by atoms with E-state index >= 15 is 0 Å². The molecule has 122 valence electrons. The minimum Gasteiger partial charge on any atom is -0.444 e. The molecule has 0 spiro atoms. The molecule has 4 nitrogen and oxygen atoms in total. The van der Waals surface area contributed by atoms with Crippen LogP contribution in [0.5, 0.6) is 0 Å². The lowest BCUT2D eigenvalue weighted by Crippen LogP contribution is -2.34. The van der Waals surface area contributed by atoms with Gasteiger partial charge in [0.15, 0.2) is 0 Å². The molecular weight excluding hydrogens is 288 g/mol. The van der Waals surface area contributed by atoms with E-state index in [2.05, 4.69) is 17.4 Å². The van der Waals surface area contributed by atoms with Gasteiger partial charge in [-0.15, -0.1) is 0 Å². The summed E-state index contributed by atoms with van der Waals surface area (Å²) in [5, 5.41) is 2.92. The van der Waals surface area contributed by atoms with E-state index in [0.717, 1.165) is 23.4 Å². The van der Waals surface area contributed by atoms with E-state index in [4.69, 9.17) is 9.72 Å². The molecule has 0 saturated heterocycles. The van der Waals surface area contributed by atoms with Gasteiger partial charge in [-0.05, 0) is 39.3 Å². The second-order valence-electron chi connectivity index (χ2n) is 6.91. The zero-order valence-electron chi connectivity index (χ0n) is 13.7. The summed E-state index contributed by atoms with van der Waals surface area (Å²) in [6, 6.07) is 16.3. The van der Waals surface area contributed by atoms with Crippen molar-refractivity contribution < 1.29 is 11.0 Å². The first-order valence-electron chi connectivity index (χ1n) is 7.94. The predicted molar refractivity (Wildman–Crippen MR) is 92.3 cm³/mol. The molecule has 3 rings (SSSR count). The standard InChI is InChI=1S/C19H22N2O2.H2/c1-19(2,3)23-18(22)21-17-12-14(17)16-11-7-10-15(20-16)13-8-5-4-6-9-13;/h4-11,14,17H,12H2,1-3H3,(H,21,22);1H/t14-,17+;/m1./s1. The molecule has 1 aromatic heterocycles. The van der Waals surface area contributed by atoms with Crippen LogP contribution in [0.1, 0.15) is 40.2 Å². The van der Waals surface area contributed by atoms with Crippen molar-refractivity contribution in [2.24, 2.45) is 0 Å². The van der Waals surface area contributed by atoms with Crippen LogP contribution in [0.3, 0.4) is 0 Å². The predicted octanol–water partition coefficient (Wildman–Crippen LogP) is 4.38. The van der Waals surface area contributed by atoms with Crippen LogP contribution in [0.2, 0.25) is 0 Å². The summed E-state index contributed by atoms with van der Waals surface area (Å²) in [4.78, 5) is 16.6. The molecule has 1 aromatic carbocycles. The van der Waals surface area contributed by atoms with E-state index in [9.17, 15) is 4.79 Å². The second kappa shape index (κ2) is 6.03. The normalized spacial score (nSPS) is 20.0. The molecule has 1 N–H and O–H groups in total. The summed E-state index contributed by atoms with van der Waals surface area (Å²) in [5.41, 5.74) is 2.62. The first-order chi connectivity index (χ1) is 10.9. The van der Waals surface area contributed by atoms with Crippen LogP contribution in [0, 0.1) is 0 Å². The molecule has 0 radical (unpaired) electrons. The van der Waals surface area contributed by atoms with Crippen molar-refractivity contribution in [1.82, 2.24) is 10.3 Å². The van der Waals surface area contributed by atoms with Crippen molar-refractivity contribution in [3.05, 3.63) is 54.2 Å². The molecule has 2 atom stereocenters. The number of amides is 1. The quantitative estimate of drug-likeness (QED) is 0.915. The van der Waals surface area contributed by atoms with Gasteiger partial charge in [0.1, 0.15) is 5.60 Å². The topological polar surface area (TPSA) is 51.2 Å². The van der Waals surface area contributed by atoms with Gasteiger partial charge in [-0.3, -0.25) is 4.98 Å². The minimum absolute atomic E-state index is 0. The smallest absolute Gasteiger partial charge is 0.407 e. The Morgan fingerprint density at radius 2 is 1.91 bits per heavy atom. The lowest BCUT2D eigenvalue weighted by molar-refractivity contribution is 0.0523. The van der Waals surface area contributed by atoms with Crippen molar-refractivity contribution in [3.8, 4) is 11.3 Å². The number of alkyl carbamates (subject to hydrolysis) is 1. The molecule has 1 fully saturated rings. The Kier molecular flexibility index (Phi) is 4.07. The first kappa shape index (κ1) is 15.5. The summed E-state index contributed by atoms with van der Waals surface area (Å²) in [7, 11) is 0. The third kappa shape index (κ3) is 4.09. The van der Waals surface area contributed by atoms with E-state index in [1.807, 2.05) is 57.2 Å². The van der Waals surface area contributed by atoms with Crippen molar-refractivity contribution in [2.45, 2.75) is 44.8 Å². The number of nitrogens with zero attached hydrogens (tertiary/aromatic N) is 1. The van der Waals surface area contributed by atoms with Crippen molar-refractivity contribution >= 4 is 6.09 Å². The van der Waals surface area contributed by atoms with Gasteiger partial charge >= 0.3 is 6.09 Å². The Labute approximate surface area is 138 Å². The van der Waals surface area contributed by atoms with Gasteiger partial charge in [0.25, 0.3) is 0 Å². The van der Waals surface area contributed by atoms with Crippen LogP contribution in [0.15, 0.2) is 48.5 Å². The SMILES string of the molecule is CC(C)(C)OC(=O)N[C@H]1C[C@@H]1c1cccc(-c2ccccc2)n1.[HH]. The van der Waals surface area contributed by atoms with E-state index in [0.29, 0.717) is 0 Å². The highest BCUT2D eigenvalue weighted by Gasteiger charge is 2.41. The van der Waals surface area contributed by atoms with Crippen LogP contribution in [-0.4, -0.2) is 22.7 Å². The molecule has 2 aromatic rings. The molecule has 1 saturated carbocycles. The van der Waals surface area contributed by atoms with Gasteiger partial charge in [-0.2, -0.15) is 0 Å². The zero-order chi connectivity index (χ0) is 16.4. The number of carbonyl (C=O) groups is 1. The number of aromatic nitrogens is 1. The fourth-order valence-corrected chi connectivity index (χ4v) is 2.57. The van der Waals surface area contributed by atoms with Gasteiger partial charge in [0.05, 0.1) is 5.69 Å². The summed E-state index contributed by atoms with van der Waals surface area (Å²) in [6.07, 6.45) is 0.550. The number of carbonyl (C=O) groups excluding carboxylic acids is 1. The summed E-state index contributed by atoms with van der Waals surface area (Å²) >= 11 is 0. The zero-order valence-corrected chi connectivity index (χ0v) is 13.7.